The van der Waals surface area contributed by atoms with Crippen molar-refractivity contribution in [1.82, 2.24) is 9.55 Å². The second-order valence-corrected chi connectivity index (χ2v) is 3.73. The van der Waals surface area contributed by atoms with Crippen LogP contribution in [0.5, 0.6) is 0 Å². The molecule has 0 aliphatic heterocycles. The van der Waals surface area contributed by atoms with Crippen LogP contribution in [0.1, 0.15) is 17.5 Å². The number of aliphatic hydroxyl groups is 1. The summed E-state index contributed by atoms with van der Waals surface area (Å²) in [4.78, 5) is 4.06. The number of halogens is 1. The Balaban J connectivity index is 2.36. The summed E-state index contributed by atoms with van der Waals surface area (Å²) in [5.74, 6) is 0.547. The van der Waals surface area contributed by atoms with Crippen molar-refractivity contribution in [3.63, 3.8) is 0 Å². The van der Waals surface area contributed by atoms with Crippen LogP contribution >= 0.6 is 11.6 Å². The molecular weight excluding hydrogens is 212 g/mol. The first kappa shape index (κ1) is 10.2. The molecule has 0 unspecified atom stereocenters. The van der Waals surface area contributed by atoms with E-state index in [-0.39, 0.29) is 0 Å². The summed E-state index contributed by atoms with van der Waals surface area (Å²) in [6.45, 7) is 0. The Kier molecular flexibility index (Phi) is 2.75. The molecule has 0 saturated heterocycles. The van der Waals surface area contributed by atoms with Gasteiger partial charge in [0.2, 0.25) is 0 Å². The first-order valence-corrected chi connectivity index (χ1v) is 4.98. The van der Waals surface area contributed by atoms with Gasteiger partial charge in [0, 0.05) is 13.2 Å². The fourth-order valence-corrected chi connectivity index (χ4v) is 1.71. The largest absolute Gasteiger partial charge is 0.380 e. The Morgan fingerprint density at radius 1 is 1.33 bits per heavy atom. The highest BCUT2D eigenvalue weighted by atomic mass is 35.5. The molecule has 15 heavy (non-hydrogen) atoms. The molecule has 0 aliphatic rings. The van der Waals surface area contributed by atoms with Gasteiger partial charge in [-0.2, -0.15) is 0 Å². The summed E-state index contributed by atoms with van der Waals surface area (Å²) >= 11 is 5.75. The maximum atomic E-state index is 10.0. The van der Waals surface area contributed by atoms with E-state index in [4.69, 9.17) is 11.6 Å². The molecule has 1 heterocycles. The minimum absolute atomic E-state index is 0.391. The van der Waals surface area contributed by atoms with Crippen LogP contribution in [0.3, 0.4) is 0 Å². The number of aliphatic hydroxyl groups excluding tert-OH is 1. The van der Waals surface area contributed by atoms with Crippen LogP contribution in [0, 0.1) is 0 Å². The second kappa shape index (κ2) is 4.04. The van der Waals surface area contributed by atoms with Gasteiger partial charge in [0.15, 0.2) is 0 Å². The second-order valence-electron chi connectivity index (χ2n) is 3.35. The van der Waals surface area contributed by atoms with E-state index < -0.39 is 6.10 Å². The van der Waals surface area contributed by atoms with E-state index in [0.29, 0.717) is 11.0 Å². The molecule has 1 N–H and O–H groups in total. The average molecular weight is 223 g/mol. The molecule has 2 rings (SSSR count). The highest BCUT2D eigenvalue weighted by Crippen LogP contribution is 2.21. The first-order chi connectivity index (χ1) is 7.18. The molecule has 4 heteroatoms. The summed E-state index contributed by atoms with van der Waals surface area (Å²) in [6.07, 6.45) is 0.937. The third-order valence-corrected chi connectivity index (χ3v) is 2.42. The van der Waals surface area contributed by atoms with Crippen molar-refractivity contribution in [3.05, 3.63) is 53.1 Å². The molecule has 0 radical (unpaired) electrons. The van der Waals surface area contributed by atoms with Crippen molar-refractivity contribution in [3.8, 4) is 0 Å². The van der Waals surface area contributed by atoms with Gasteiger partial charge < -0.3 is 9.67 Å². The maximum Gasteiger partial charge on any atom is 0.147 e. The molecule has 0 saturated carbocycles. The fourth-order valence-electron chi connectivity index (χ4n) is 1.48. The summed E-state index contributed by atoms with van der Waals surface area (Å²) in [5, 5.41) is 10.4. The van der Waals surface area contributed by atoms with E-state index >= 15 is 0 Å². The van der Waals surface area contributed by atoms with Crippen molar-refractivity contribution in [2.45, 2.75) is 6.10 Å². The third kappa shape index (κ3) is 2.03. The van der Waals surface area contributed by atoms with Gasteiger partial charge in [-0.05, 0) is 5.56 Å². The minimum Gasteiger partial charge on any atom is -0.380 e. The molecule has 1 aromatic carbocycles. The van der Waals surface area contributed by atoms with Gasteiger partial charge in [-0.25, -0.2) is 4.98 Å². The lowest BCUT2D eigenvalue weighted by molar-refractivity contribution is 0.206. The summed E-state index contributed by atoms with van der Waals surface area (Å²) in [6, 6.07) is 9.37. The fraction of sp³-hybridized carbons (Fsp3) is 0.182. The van der Waals surface area contributed by atoms with E-state index in [9.17, 15) is 5.11 Å². The molecular formula is C11H11ClN2O. The van der Waals surface area contributed by atoms with Crippen LogP contribution in [-0.4, -0.2) is 14.7 Å². The molecule has 0 fully saturated rings. The number of imidazole rings is 1. The zero-order valence-corrected chi connectivity index (χ0v) is 9.02. The molecule has 78 valence electrons. The number of hydrogen-bond donors (Lipinski definition) is 1. The van der Waals surface area contributed by atoms with Crippen molar-refractivity contribution in [2.75, 3.05) is 0 Å². The number of benzene rings is 1. The van der Waals surface area contributed by atoms with Crippen LogP contribution in [0.15, 0.2) is 36.5 Å². The Morgan fingerprint density at radius 3 is 2.53 bits per heavy atom. The Labute approximate surface area is 93.0 Å². The molecule has 0 amide bonds. The monoisotopic (exact) mass is 222 g/mol. The Bertz CT molecular complexity index is 453. The zero-order chi connectivity index (χ0) is 10.8. The SMILES string of the molecule is Cn1cc(Cl)nc1[C@H](O)c1ccccc1. The van der Waals surface area contributed by atoms with Crippen molar-refractivity contribution in [1.29, 1.82) is 0 Å². The zero-order valence-electron chi connectivity index (χ0n) is 8.26. The maximum absolute atomic E-state index is 10.0. The predicted molar refractivity (Wildman–Crippen MR) is 58.7 cm³/mol. The molecule has 0 aliphatic carbocycles. The molecule has 2 aromatic rings. The van der Waals surface area contributed by atoms with Gasteiger partial charge in [-0.3, -0.25) is 0 Å². The topological polar surface area (TPSA) is 38.0 Å². The van der Waals surface area contributed by atoms with Crippen molar-refractivity contribution < 1.29 is 5.11 Å². The third-order valence-electron chi connectivity index (χ3n) is 2.24. The lowest BCUT2D eigenvalue weighted by Crippen LogP contribution is -2.06. The van der Waals surface area contributed by atoms with E-state index in [0.717, 1.165) is 5.56 Å². The van der Waals surface area contributed by atoms with Crippen molar-refractivity contribution in [2.24, 2.45) is 7.05 Å². The summed E-state index contributed by atoms with van der Waals surface area (Å²) in [5.41, 5.74) is 0.808. The van der Waals surface area contributed by atoms with Gasteiger partial charge >= 0.3 is 0 Å². The Morgan fingerprint density at radius 2 is 2.00 bits per heavy atom. The number of rotatable bonds is 2. The summed E-state index contributed by atoms with van der Waals surface area (Å²) < 4.78 is 1.72. The Hall–Kier alpha value is -1.32. The number of nitrogens with zero attached hydrogens (tertiary/aromatic N) is 2. The van der Waals surface area contributed by atoms with Crippen LogP contribution in [-0.2, 0) is 7.05 Å². The molecule has 3 nitrogen and oxygen atoms in total. The van der Waals surface area contributed by atoms with E-state index in [2.05, 4.69) is 4.98 Å². The lowest BCUT2D eigenvalue weighted by Gasteiger charge is -2.10. The van der Waals surface area contributed by atoms with Crippen molar-refractivity contribution >= 4 is 11.6 Å². The average Bonchev–Trinajstić information content (AvgIpc) is 2.58. The first-order valence-electron chi connectivity index (χ1n) is 4.60. The van der Waals surface area contributed by atoms with E-state index in [1.54, 1.807) is 17.8 Å². The van der Waals surface area contributed by atoms with Crippen LogP contribution < -0.4 is 0 Å². The van der Waals surface area contributed by atoms with Gasteiger partial charge in [-0.1, -0.05) is 41.9 Å². The summed E-state index contributed by atoms with van der Waals surface area (Å²) in [7, 11) is 1.81. The van der Waals surface area contributed by atoms with Gasteiger partial charge in [0.1, 0.15) is 17.1 Å². The molecule has 1 atom stereocenters. The van der Waals surface area contributed by atoms with Crippen LogP contribution in [0.25, 0.3) is 0 Å². The van der Waals surface area contributed by atoms with E-state index in [1.165, 1.54) is 0 Å². The van der Waals surface area contributed by atoms with E-state index in [1.807, 2.05) is 30.3 Å². The van der Waals surface area contributed by atoms with Gasteiger partial charge in [-0.15, -0.1) is 0 Å². The highest BCUT2D eigenvalue weighted by Gasteiger charge is 2.15. The predicted octanol–water partition coefficient (Wildman–Crippen LogP) is 2.16. The van der Waals surface area contributed by atoms with Gasteiger partial charge in [0.05, 0.1) is 0 Å². The number of hydrogen-bond acceptors (Lipinski definition) is 2. The standard InChI is InChI=1S/C11H11ClN2O/c1-14-7-9(12)13-11(14)10(15)8-5-3-2-4-6-8/h2-7,10,15H,1H3/t10-/m1/s1. The normalized spacial score (nSPS) is 12.7. The molecule has 0 spiro atoms. The number of aryl methyl sites for hydroxylation is 1. The highest BCUT2D eigenvalue weighted by molar-refractivity contribution is 6.29. The quantitative estimate of drug-likeness (QED) is 0.846. The van der Waals surface area contributed by atoms with Gasteiger partial charge in [0.25, 0.3) is 0 Å². The molecule has 1 aromatic heterocycles. The number of aromatic nitrogens is 2. The van der Waals surface area contributed by atoms with Crippen LogP contribution in [0.2, 0.25) is 5.15 Å². The smallest absolute Gasteiger partial charge is 0.147 e. The lowest BCUT2D eigenvalue weighted by atomic mass is 10.1. The van der Waals surface area contributed by atoms with Crippen LogP contribution in [0.4, 0.5) is 0 Å². The minimum atomic E-state index is -0.733. The molecule has 0 bridgehead atoms.